The van der Waals surface area contributed by atoms with Crippen LogP contribution in [0.15, 0.2) is 66.9 Å². The molecule has 176 valence electrons. The predicted molar refractivity (Wildman–Crippen MR) is 134 cm³/mol. The Balaban J connectivity index is 1.17. The van der Waals surface area contributed by atoms with Gasteiger partial charge in [0.25, 0.3) is 0 Å². The van der Waals surface area contributed by atoms with Crippen molar-refractivity contribution in [3.05, 3.63) is 72.4 Å². The molecule has 1 amide bonds. The summed E-state index contributed by atoms with van der Waals surface area (Å²) in [5, 5.41) is 0. The Bertz CT molecular complexity index is 1080. The van der Waals surface area contributed by atoms with Gasteiger partial charge in [-0.15, -0.1) is 0 Å². The van der Waals surface area contributed by atoms with E-state index in [1.807, 2.05) is 35.4 Å². The summed E-state index contributed by atoms with van der Waals surface area (Å²) in [6.45, 7) is 6.32. The van der Waals surface area contributed by atoms with Gasteiger partial charge in [0.05, 0.1) is 18.9 Å². The molecule has 0 saturated carbocycles. The molecule has 1 aromatic heterocycles. The van der Waals surface area contributed by atoms with E-state index < -0.39 is 0 Å². The Morgan fingerprint density at radius 3 is 2.29 bits per heavy atom. The van der Waals surface area contributed by atoms with Crippen molar-refractivity contribution in [3.63, 3.8) is 0 Å². The number of piperazine rings is 1. The van der Waals surface area contributed by atoms with Gasteiger partial charge in [-0.25, -0.2) is 9.97 Å². The SMILES string of the molecule is O=C(CCc1ccccc1)N1CCN(c2nccc(-c3ccc(N4CCOCC4)cc3)n2)CC1. The molecule has 5 rings (SSSR count). The highest BCUT2D eigenvalue weighted by Gasteiger charge is 2.22. The van der Waals surface area contributed by atoms with Crippen LogP contribution in [-0.2, 0) is 16.0 Å². The number of rotatable bonds is 6. The zero-order chi connectivity index (χ0) is 23.2. The second kappa shape index (κ2) is 10.7. The molecule has 0 aliphatic carbocycles. The van der Waals surface area contributed by atoms with E-state index in [1.54, 1.807) is 0 Å². The minimum atomic E-state index is 0.221. The molecular weight excluding hydrogens is 426 g/mol. The van der Waals surface area contributed by atoms with Crippen LogP contribution in [0.5, 0.6) is 0 Å². The lowest BCUT2D eigenvalue weighted by molar-refractivity contribution is -0.131. The molecule has 2 aromatic carbocycles. The average Bonchev–Trinajstić information content (AvgIpc) is 2.93. The summed E-state index contributed by atoms with van der Waals surface area (Å²) in [6, 6.07) is 20.7. The van der Waals surface area contributed by atoms with Gasteiger partial charge in [0.2, 0.25) is 11.9 Å². The quantitative estimate of drug-likeness (QED) is 0.566. The molecule has 3 heterocycles. The van der Waals surface area contributed by atoms with Crippen LogP contribution in [-0.4, -0.2) is 73.3 Å². The molecule has 34 heavy (non-hydrogen) atoms. The van der Waals surface area contributed by atoms with Gasteiger partial charge in [-0.3, -0.25) is 4.79 Å². The maximum atomic E-state index is 12.7. The highest BCUT2D eigenvalue weighted by atomic mass is 16.5. The van der Waals surface area contributed by atoms with Crippen LogP contribution in [0.3, 0.4) is 0 Å². The van der Waals surface area contributed by atoms with Gasteiger partial charge in [0.15, 0.2) is 0 Å². The van der Waals surface area contributed by atoms with E-state index in [-0.39, 0.29) is 5.91 Å². The third kappa shape index (κ3) is 5.37. The van der Waals surface area contributed by atoms with Gasteiger partial charge in [-0.1, -0.05) is 42.5 Å². The maximum Gasteiger partial charge on any atom is 0.225 e. The van der Waals surface area contributed by atoms with E-state index in [0.29, 0.717) is 19.5 Å². The zero-order valence-corrected chi connectivity index (χ0v) is 19.5. The lowest BCUT2D eigenvalue weighted by atomic mass is 10.1. The number of aromatic nitrogens is 2. The fraction of sp³-hybridized carbons (Fsp3) is 0.370. The minimum absolute atomic E-state index is 0.221. The van der Waals surface area contributed by atoms with Gasteiger partial charge in [0.1, 0.15) is 0 Å². The second-order valence-corrected chi connectivity index (χ2v) is 8.74. The number of anilines is 2. The topological polar surface area (TPSA) is 61.8 Å². The van der Waals surface area contributed by atoms with Crippen molar-refractivity contribution in [1.29, 1.82) is 0 Å². The van der Waals surface area contributed by atoms with Crippen molar-refractivity contribution in [3.8, 4) is 11.3 Å². The molecule has 0 unspecified atom stereocenters. The number of morpholine rings is 1. The third-order valence-corrected chi connectivity index (χ3v) is 6.57. The van der Waals surface area contributed by atoms with Crippen LogP contribution in [0.1, 0.15) is 12.0 Å². The van der Waals surface area contributed by atoms with E-state index in [0.717, 1.165) is 63.0 Å². The Labute approximate surface area is 201 Å². The molecule has 2 aliphatic rings. The number of nitrogens with zero attached hydrogens (tertiary/aromatic N) is 5. The van der Waals surface area contributed by atoms with Crippen molar-refractivity contribution in [1.82, 2.24) is 14.9 Å². The van der Waals surface area contributed by atoms with Gasteiger partial charge in [-0.2, -0.15) is 0 Å². The van der Waals surface area contributed by atoms with Gasteiger partial charge < -0.3 is 19.4 Å². The number of carbonyl (C=O) groups is 1. The monoisotopic (exact) mass is 457 g/mol. The van der Waals surface area contributed by atoms with E-state index in [9.17, 15) is 4.79 Å². The van der Waals surface area contributed by atoms with Crippen molar-refractivity contribution in [2.24, 2.45) is 0 Å². The first-order chi connectivity index (χ1) is 16.8. The Hall–Kier alpha value is -3.45. The lowest BCUT2D eigenvalue weighted by Gasteiger charge is -2.35. The van der Waals surface area contributed by atoms with Crippen LogP contribution in [0, 0.1) is 0 Å². The van der Waals surface area contributed by atoms with E-state index >= 15 is 0 Å². The van der Waals surface area contributed by atoms with Gasteiger partial charge in [-0.05, 0) is 30.2 Å². The number of ether oxygens (including phenoxy) is 1. The first kappa shape index (κ1) is 22.3. The molecule has 0 bridgehead atoms. The molecule has 2 aliphatic heterocycles. The van der Waals surface area contributed by atoms with Gasteiger partial charge >= 0.3 is 0 Å². The van der Waals surface area contributed by atoms with Gasteiger partial charge in [0, 0.05) is 63.1 Å². The molecule has 2 fully saturated rings. The maximum absolute atomic E-state index is 12.7. The third-order valence-electron chi connectivity index (χ3n) is 6.57. The minimum Gasteiger partial charge on any atom is -0.378 e. The molecule has 2 saturated heterocycles. The first-order valence-electron chi connectivity index (χ1n) is 12.1. The van der Waals surface area contributed by atoms with Crippen molar-refractivity contribution in [2.75, 3.05) is 62.3 Å². The van der Waals surface area contributed by atoms with Crippen LogP contribution >= 0.6 is 0 Å². The predicted octanol–water partition coefficient (Wildman–Crippen LogP) is 3.26. The number of hydrogen-bond acceptors (Lipinski definition) is 6. The normalized spacial score (nSPS) is 16.5. The van der Waals surface area contributed by atoms with Crippen molar-refractivity contribution in [2.45, 2.75) is 12.8 Å². The molecule has 7 nitrogen and oxygen atoms in total. The molecule has 0 radical (unpaired) electrons. The molecule has 0 N–H and O–H groups in total. The smallest absolute Gasteiger partial charge is 0.225 e. The molecular formula is C27H31N5O2. The average molecular weight is 458 g/mol. The van der Waals surface area contributed by atoms with E-state index in [2.05, 4.69) is 51.2 Å². The first-order valence-corrected chi connectivity index (χ1v) is 12.1. The molecule has 0 spiro atoms. The van der Waals surface area contributed by atoms with Crippen molar-refractivity contribution < 1.29 is 9.53 Å². The second-order valence-electron chi connectivity index (χ2n) is 8.74. The largest absolute Gasteiger partial charge is 0.378 e. The summed E-state index contributed by atoms with van der Waals surface area (Å²) in [5.41, 5.74) is 4.42. The summed E-state index contributed by atoms with van der Waals surface area (Å²) in [5.74, 6) is 0.949. The molecule has 7 heteroatoms. The van der Waals surface area contributed by atoms with Crippen LogP contribution < -0.4 is 9.80 Å². The summed E-state index contributed by atoms with van der Waals surface area (Å²) >= 11 is 0. The van der Waals surface area contributed by atoms with Crippen molar-refractivity contribution >= 4 is 17.5 Å². The summed E-state index contributed by atoms with van der Waals surface area (Å²) in [6.07, 6.45) is 3.16. The zero-order valence-electron chi connectivity index (χ0n) is 19.5. The summed E-state index contributed by atoms with van der Waals surface area (Å²) in [4.78, 5) is 28.5. The highest BCUT2D eigenvalue weighted by molar-refractivity contribution is 5.76. The number of aryl methyl sites for hydroxylation is 1. The summed E-state index contributed by atoms with van der Waals surface area (Å²) < 4.78 is 5.45. The molecule has 0 atom stereocenters. The van der Waals surface area contributed by atoms with E-state index in [4.69, 9.17) is 9.72 Å². The van der Waals surface area contributed by atoms with E-state index in [1.165, 1.54) is 11.3 Å². The number of hydrogen-bond donors (Lipinski definition) is 0. The molecule has 3 aromatic rings. The van der Waals surface area contributed by atoms with Crippen LogP contribution in [0.25, 0.3) is 11.3 Å². The Morgan fingerprint density at radius 1 is 0.824 bits per heavy atom. The number of carbonyl (C=O) groups excluding carboxylic acids is 1. The standard InChI is InChI=1S/C27H31N5O2/c33-26(11-6-22-4-2-1-3-5-22)31-14-16-32(17-15-31)27-28-13-12-25(29-27)23-7-9-24(10-8-23)30-18-20-34-21-19-30/h1-5,7-10,12-13H,6,11,14-21H2. The Morgan fingerprint density at radius 2 is 1.56 bits per heavy atom. The van der Waals surface area contributed by atoms with Crippen LogP contribution in [0.4, 0.5) is 11.6 Å². The lowest BCUT2D eigenvalue weighted by Crippen LogP contribution is -2.49. The fourth-order valence-corrected chi connectivity index (χ4v) is 4.54. The summed E-state index contributed by atoms with van der Waals surface area (Å²) in [7, 11) is 0. The number of benzene rings is 2. The number of amides is 1. The Kier molecular flexibility index (Phi) is 7.00. The highest BCUT2D eigenvalue weighted by Crippen LogP contribution is 2.24. The fourth-order valence-electron chi connectivity index (χ4n) is 4.54. The van der Waals surface area contributed by atoms with Crippen LogP contribution in [0.2, 0.25) is 0 Å².